The van der Waals surface area contributed by atoms with E-state index in [0.717, 1.165) is 0 Å². The minimum Gasteiger partial charge on any atom is -0.481 e. The van der Waals surface area contributed by atoms with Crippen LogP contribution in [0.5, 0.6) is 0 Å². The van der Waals surface area contributed by atoms with Crippen molar-refractivity contribution in [1.29, 1.82) is 0 Å². The summed E-state index contributed by atoms with van der Waals surface area (Å²) in [7, 11) is 0. The van der Waals surface area contributed by atoms with E-state index in [1.807, 2.05) is 0 Å². The lowest BCUT2D eigenvalue weighted by atomic mass is 10.1. The number of amides is 1. The predicted molar refractivity (Wildman–Crippen MR) is 69.4 cm³/mol. The van der Waals surface area contributed by atoms with Crippen molar-refractivity contribution in [2.24, 2.45) is 5.73 Å². The molecule has 108 valence electrons. The Balaban J connectivity index is 2.59. The number of hydrogen-bond acceptors (Lipinski definition) is 6. The number of hydrogen-bond donors (Lipinski definition) is 2. The van der Waals surface area contributed by atoms with Gasteiger partial charge in [-0.05, 0) is 13.3 Å². The van der Waals surface area contributed by atoms with Crippen LogP contribution < -0.4 is 5.73 Å². The van der Waals surface area contributed by atoms with E-state index in [9.17, 15) is 14.4 Å². The minimum absolute atomic E-state index is 0.0604. The lowest BCUT2D eigenvalue weighted by molar-refractivity contribution is -0.153. The second-order valence-electron chi connectivity index (χ2n) is 4.11. The number of esters is 1. The molecule has 0 aromatic carbocycles. The highest BCUT2D eigenvalue weighted by atomic mass is 32.2. The molecule has 0 unspecified atom stereocenters. The molecule has 1 saturated heterocycles. The Bertz CT molecular complexity index is 363. The number of carboxylic acids is 1. The van der Waals surface area contributed by atoms with Gasteiger partial charge in [-0.3, -0.25) is 9.59 Å². The van der Waals surface area contributed by atoms with Crippen molar-refractivity contribution in [2.75, 3.05) is 18.2 Å². The molecule has 3 N–H and O–H groups in total. The second-order valence-corrected chi connectivity index (χ2v) is 5.11. The number of nitrogens with zero attached hydrogens (tertiary/aromatic N) is 1. The summed E-state index contributed by atoms with van der Waals surface area (Å²) in [6, 6.07) is -1.51. The fraction of sp³-hybridized carbons (Fsp3) is 0.727. The summed E-state index contributed by atoms with van der Waals surface area (Å²) in [5.41, 5.74) is 5.67. The smallest absolute Gasteiger partial charge is 0.329 e. The lowest BCUT2D eigenvalue weighted by Gasteiger charge is -2.24. The summed E-state index contributed by atoms with van der Waals surface area (Å²) >= 11 is 1.45. The molecule has 2 atom stereocenters. The molecule has 1 heterocycles. The summed E-state index contributed by atoms with van der Waals surface area (Å²) in [4.78, 5) is 35.6. The number of aliphatic carboxylic acids is 1. The van der Waals surface area contributed by atoms with Gasteiger partial charge in [0.1, 0.15) is 6.04 Å². The molecule has 0 spiro atoms. The average Bonchev–Trinajstić information content (AvgIpc) is 2.84. The van der Waals surface area contributed by atoms with E-state index in [4.69, 9.17) is 15.6 Å². The van der Waals surface area contributed by atoms with Crippen LogP contribution in [0.4, 0.5) is 0 Å². The van der Waals surface area contributed by atoms with Gasteiger partial charge in [0.2, 0.25) is 5.91 Å². The molecule has 0 saturated carbocycles. The molecule has 1 aliphatic heterocycles. The van der Waals surface area contributed by atoms with Crippen molar-refractivity contribution in [1.82, 2.24) is 4.90 Å². The average molecular weight is 290 g/mol. The van der Waals surface area contributed by atoms with Gasteiger partial charge in [-0.1, -0.05) is 0 Å². The molecule has 19 heavy (non-hydrogen) atoms. The first kappa shape index (κ1) is 15.8. The molecule has 0 radical (unpaired) electrons. The standard InChI is InChI=1S/C11H18N2O5S/c1-2-18-11(17)8-5-19-6-13(8)10(16)7(12)3-4-9(14)15/h7-8H,2-6,12H2,1H3,(H,14,15)/t7-,8-/m0/s1. The Kier molecular flexibility index (Phi) is 6.10. The van der Waals surface area contributed by atoms with E-state index in [1.165, 1.54) is 16.7 Å². The van der Waals surface area contributed by atoms with Crippen molar-refractivity contribution in [3.63, 3.8) is 0 Å². The van der Waals surface area contributed by atoms with Crippen molar-refractivity contribution in [2.45, 2.75) is 31.8 Å². The molecule has 0 aromatic heterocycles. The Morgan fingerprint density at radius 3 is 2.79 bits per heavy atom. The van der Waals surface area contributed by atoms with Gasteiger partial charge in [0.25, 0.3) is 0 Å². The number of ether oxygens (including phenoxy) is 1. The van der Waals surface area contributed by atoms with Gasteiger partial charge < -0.3 is 20.5 Å². The van der Waals surface area contributed by atoms with Crippen molar-refractivity contribution >= 4 is 29.6 Å². The number of carbonyl (C=O) groups is 3. The molecule has 1 amide bonds. The van der Waals surface area contributed by atoms with Crippen LogP contribution in [0.25, 0.3) is 0 Å². The summed E-state index contributed by atoms with van der Waals surface area (Å²) in [6.45, 7) is 1.96. The van der Waals surface area contributed by atoms with Crippen molar-refractivity contribution in [3.8, 4) is 0 Å². The summed E-state index contributed by atoms with van der Waals surface area (Å²) < 4.78 is 4.90. The number of carboxylic acid groups (broad SMARTS) is 1. The maximum absolute atomic E-state index is 12.1. The van der Waals surface area contributed by atoms with Gasteiger partial charge in [0, 0.05) is 12.2 Å². The van der Waals surface area contributed by atoms with Gasteiger partial charge in [0.05, 0.1) is 18.5 Å². The van der Waals surface area contributed by atoms with E-state index in [0.29, 0.717) is 11.6 Å². The molecule has 0 aromatic rings. The molecular formula is C11H18N2O5S. The normalized spacial score (nSPS) is 20.1. The number of rotatable bonds is 6. The van der Waals surface area contributed by atoms with E-state index in [2.05, 4.69) is 0 Å². The zero-order valence-electron chi connectivity index (χ0n) is 10.7. The first-order valence-electron chi connectivity index (χ1n) is 5.99. The summed E-state index contributed by atoms with van der Waals surface area (Å²) in [5.74, 6) is -0.976. The lowest BCUT2D eigenvalue weighted by Crippen LogP contribution is -2.49. The molecule has 1 aliphatic rings. The topological polar surface area (TPSA) is 110 Å². The van der Waals surface area contributed by atoms with E-state index >= 15 is 0 Å². The number of carbonyl (C=O) groups excluding carboxylic acids is 2. The fourth-order valence-electron chi connectivity index (χ4n) is 1.71. The molecule has 8 heteroatoms. The molecule has 1 rings (SSSR count). The first-order chi connectivity index (χ1) is 8.97. The summed E-state index contributed by atoms with van der Waals surface area (Å²) in [6.07, 6.45) is -0.108. The molecular weight excluding hydrogens is 272 g/mol. The molecule has 7 nitrogen and oxygen atoms in total. The van der Waals surface area contributed by atoms with Gasteiger partial charge in [-0.25, -0.2) is 4.79 Å². The Morgan fingerprint density at radius 2 is 2.21 bits per heavy atom. The van der Waals surface area contributed by atoms with Crippen LogP contribution in [0.15, 0.2) is 0 Å². The molecule has 0 bridgehead atoms. The quantitative estimate of drug-likeness (QED) is 0.643. The third-order valence-corrected chi connectivity index (χ3v) is 3.72. The van der Waals surface area contributed by atoms with E-state index < -0.39 is 29.9 Å². The highest BCUT2D eigenvalue weighted by Crippen LogP contribution is 2.23. The van der Waals surface area contributed by atoms with Crippen LogP contribution in [0.1, 0.15) is 19.8 Å². The SMILES string of the molecule is CCOC(=O)[C@@H]1CSCN1C(=O)[C@@H](N)CCC(=O)O. The van der Waals surface area contributed by atoms with Crippen LogP contribution in [0.3, 0.4) is 0 Å². The zero-order valence-corrected chi connectivity index (χ0v) is 11.5. The van der Waals surface area contributed by atoms with Gasteiger partial charge in [0.15, 0.2) is 0 Å². The Morgan fingerprint density at radius 1 is 1.53 bits per heavy atom. The number of thioether (sulfide) groups is 1. The Labute approximate surface area is 115 Å². The molecule has 0 aliphatic carbocycles. The van der Waals surface area contributed by atoms with Crippen LogP contribution in [0, 0.1) is 0 Å². The third kappa shape index (κ3) is 4.39. The minimum atomic E-state index is -0.999. The maximum Gasteiger partial charge on any atom is 0.329 e. The van der Waals surface area contributed by atoms with Crippen LogP contribution in [-0.2, 0) is 19.1 Å². The van der Waals surface area contributed by atoms with Gasteiger partial charge in [-0.15, -0.1) is 11.8 Å². The van der Waals surface area contributed by atoms with Crippen molar-refractivity contribution in [3.05, 3.63) is 0 Å². The predicted octanol–water partition coefficient (Wildman–Crippen LogP) is -0.357. The largest absolute Gasteiger partial charge is 0.481 e. The van der Waals surface area contributed by atoms with E-state index in [1.54, 1.807) is 6.92 Å². The highest BCUT2D eigenvalue weighted by molar-refractivity contribution is 7.99. The third-order valence-electron chi connectivity index (χ3n) is 2.71. The second kappa shape index (κ2) is 7.34. The highest BCUT2D eigenvalue weighted by Gasteiger charge is 2.37. The van der Waals surface area contributed by atoms with Crippen LogP contribution >= 0.6 is 11.8 Å². The van der Waals surface area contributed by atoms with Gasteiger partial charge in [-0.2, -0.15) is 0 Å². The van der Waals surface area contributed by atoms with Crippen LogP contribution in [-0.4, -0.2) is 58.2 Å². The Hall–Kier alpha value is -1.28. The van der Waals surface area contributed by atoms with Crippen LogP contribution in [0.2, 0.25) is 0 Å². The van der Waals surface area contributed by atoms with Gasteiger partial charge >= 0.3 is 11.9 Å². The first-order valence-corrected chi connectivity index (χ1v) is 7.15. The van der Waals surface area contributed by atoms with Crippen molar-refractivity contribution < 1.29 is 24.2 Å². The fourth-order valence-corrected chi connectivity index (χ4v) is 2.86. The monoisotopic (exact) mass is 290 g/mol. The van der Waals surface area contributed by atoms with E-state index in [-0.39, 0.29) is 19.4 Å². The molecule has 1 fully saturated rings. The zero-order chi connectivity index (χ0) is 14.4. The summed E-state index contributed by atoms with van der Waals surface area (Å²) in [5, 5.41) is 8.56. The number of nitrogens with two attached hydrogens (primary N) is 1. The maximum atomic E-state index is 12.1.